The van der Waals surface area contributed by atoms with Gasteiger partial charge in [0.2, 0.25) is 17.7 Å². The number of para-hydroxylation sites is 2. The summed E-state index contributed by atoms with van der Waals surface area (Å²) in [6.07, 6.45) is 5.57. The van der Waals surface area contributed by atoms with Crippen molar-refractivity contribution in [1.82, 2.24) is 25.1 Å². The Kier molecular flexibility index (Phi) is 5.43. The van der Waals surface area contributed by atoms with Crippen LogP contribution in [0.4, 0.5) is 5.82 Å². The Bertz CT molecular complexity index is 1360. The molecule has 1 spiro atoms. The maximum absolute atomic E-state index is 13.7. The number of likely N-dealkylation sites (tertiary alicyclic amines) is 1. The summed E-state index contributed by atoms with van der Waals surface area (Å²) >= 11 is 0. The van der Waals surface area contributed by atoms with Gasteiger partial charge in [0.25, 0.3) is 0 Å². The van der Waals surface area contributed by atoms with Crippen LogP contribution in [0.2, 0.25) is 0 Å². The molecule has 1 amide bonds. The number of aryl methyl sites for hydroxylation is 1. The molecule has 35 heavy (non-hydrogen) atoms. The van der Waals surface area contributed by atoms with E-state index in [4.69, 9.17) is 9.40 Å². The molecule has 0 radical (unpaired) electrons. The zero-order valence-electron chi connectivity index (χ0n) is 19.9. The number of hydrogen-bond acceptors (Lipinski definition) is 7. The molecule has 4 aromatic rings. The van der Waals surface area contributed by atoms with Crippen molar-refractivity contribution >= 4 is 22.8 Å². The molecule has 2 aromatic heterocycles. The first-order valence-corrected chi connectivity index (χ1v) is 12.3. The number of amides is 1. The Labute approximate surface area is 204 Å². The number of anilines is 1. The summed E-state index contributed by atoms with van der Waals surface area (Å²) in [5.74, 6) is 2.26. The van der Waals surface area contributed by atoms with E-state index in [2.05, 4.69) is 20.1 Å². The first-order valence-electron chi connectivity index (χ1n) is 12.3. The lowest BCUT2D eigenvalue weighted by Gasteiger charge is -2.46. The highest BCUT2D eigenvalue weighted by Gasteiger charge is 2.45. The zero-order chi connectivity index (χ0) is 23.8. The second-order valence-corrected chi connectivity index (χ2v) is 9.64. The van der Waals surface area contributed by atoms with Crippen LogP contribution in [0.1, 0.15) is 37.1 Å². The second-order valence-electron chi connectivity index (χ2n) is 9.64. The summed E-state index contributed by atoms with van der Waals surface area (Å²) in [5, 5.41) is 7.97. The Morgan fingerprint density at radius 2 is 1.71 bits per heavy atom. The Morgan fingerprint density at radius 3 is 2.46 bits per heavy atom. The van der Waals surface area contributed by atoms with Gasteiger partial charge in [0.1, 0.15) is 5.82 Å². The van der Waals surface area contributed by atoms with E-state index in [9.17, 15) is 4.79 Å². The normalized spacial score (nSPS) is 17.9. The van der Waals surface area contributed by atoms with Gasteiger partial charge >= 0.3 is 0 Å². The van der Waals surface area contributed by atoms with Crippen LogP contribution in [-0.4, -0.2) is 50.6 Å². The minimum Gasteiger partial charge on any atom is -0.421 e. The first-order chi connectivity index (χ1) is 17.1. The molecule has 0 atom stereocenters. The van der Waals surface area contributed by atoms with Crippen LogP contribution in [-0.2, 0) is 11.3 Å². The minimum atomic E-state index is -0.264. The van der Waals surface area contributed by atoms with E-state index in [1.807, 2.05) is 59.6 Å². The summed E-state index contributed by atoms with van der Waals surface area (Å²) in [6.45, 7) is 4.87. The third-order valence-corrected chi connectivity index (χ3v) is 7.40. The van der Waals surface area contributed by atoms with Crippen molar-refractivity contribution in [3.63, 3.8) is 0 Å². The van der Waals surface area contributed by atoms with Gasteiger partial charge in [-0.2, -0.15) is 0 Å². The maximum atomic E-state index is 13.7. The summed E-state index contributed by atoms with van der Waals surface area (Å²) in [4.78, 5) is 27.4. The van der Waals surface area contributed by atoms with Crippen molar-refractivity contribution in [2.45, 2.75) is 39.2 Å². The molecule has 0 saturated carbocycles. The lowest BCUT2D eigenvalue weighted by Crippen LogP contribution is -2.53. The van der Waals surface area contributed by atoms with Crippen LogP contribution in [0, 0.1) is 12.3 Å². The Balaban J connectivity index is 1.12. The predicted octanol–water partition coefficient (Wildman–Crippen LogP) is 4.40. The number of aromatic nitrogens is 4. The number of carbonyl (C=O) groups is 1. The van der Waals surface area contributed by atoms with Crippen LogP contribution >= 0.6 is 0 Å². The molecule has 0 N–H and O–H groups in total. The van der Waals surface area contributed by atoms with Crippen molar-refractivity contribution in [2.24, 2.45) is 5.41 Å². The van der Waals surface area contributed by atoms with Crippen LogP contribution in [0.15, 0.2) is 59.1 Å². The van der Waals surface area contributed by atoms with Crippen LogP contribution in [0.25, 0.3) is 22.5 Å². The molecule has 6 rings (SSSR count). The number of hydrogen-bond donors (Lipinski definition) is 0. The molecule has 178 valence electrons. The predicted molar refractivity (Wildman–Crippen MR) is 133 cm³/mol. The van der Waals surface area contributed by atoms with Gasteiger partial charge in [-0.25, -0.2) is 4.98 Å². The fraction of sp³-hybridized carbons (Fsp3) is 0.370. The number of rotatable bonds is 4. The van der Waals surface area contributed by atoms with E-state index < -0.39 is 0 Å². The van der Waals surface area contributed by atoms with E-state index >= 15 is 0 Å². The van der Waals surface area contributed by atoms with E-state index in [0.717, 1.165) is 73.3 Å². The zero-order valence-corrected chi connectivity index (χ0v) is 19.9. The first kappa shape index (κ1) is 21.7. The number of nitrogens with zero attached hydrogens (tertiary/aromatic N) is 6. The van der Waals surface area contributed by atoms with Gasteiger partial charge in [0.15, 0.2) is 0 Å². The fourth-order valence-electron chi connectivity index (χ4n) is 5.42. The second kappa shape index (κ2) is 8.76. The van der Waals surface area contributed by atoms with Gasteiger partial charge in [-0.15, -0.1) is 10.2 Å². The van der Waals surface area contributed by atoms with Crippen LogP contribution in [0.5, 0.6) is 0 Å². The van der Waals surface area contributed by atoms with Gasteiger partial charge in [0, 0.05) is 38.7 Å². The summed E-state index contributed by atoms with van der Waals surface area (Å²) < 4.78 is 5.51. The molecule has 2 aliphatic heterocycles. The monoisotopic (exact) mass is 468 g/mol. The highest BCUT2D eigenvalue weighted by molar-refractivity contribution is 5.84. The van der Waals surface area contributed by atoms with Crippen LogP contribution < -0.4 is 4.90 Å². The largest absolute Gasteiger partial charge is 0.421 e. The fourth-order valence-corrected chi connectivity index (χ4v) is 5.42. The molecule has 0 unspecified atom stereocenters. The highest BCUT2D eigenvalue weighted by atomic mass is 16.4. The number of fused-ring (bicyclic) bond motifs is 1. The Hall–Kier alpha value is -3.81. The topological polar surface area (TPSA) is 88.3 Å². The number of benzene rings is 2. The van der Waals surface area contributed by atoms with Crippen LogP contribution in [0.3, 0.4) is 0 Å². The molecular formula is C27H28N6O2. The molecule has 2 aromatic carbocycles. The number of carbonyl (C=O) groups excluding carboxylic acids is 1. The third-order valence-electron chi connectivity index (χ3n) is 7.40. The van der Waals surface area contributed by atoms with Gasteiger partial charge < -0.3 is 14.2 Å². The minimum absolute atomic E-state index is 0.264. The van der Waals surface area contributed by atoms with Crippen molar-refractivity contribution in [1.29, 1.82) is 0 Å². The molecule has 8 nitrogen and oxygen atoms in total. The highest BCUT2D eigenvalue weighted by Crippen LogP contribution is 2.42. The third kappa shape index (κ3) is 4.13. The lowest BCUT2D eigenvalue weighted by molar-refractivity contribution is -0.148. The molecular weight excluding hydrogens is 440 g/mol. The summed E-state index contributed by atoms with van der Waals surface area (Å²) in [6, 6.07) is 16.0. The average molecular weight is 469 g/mol. The molecule has 0 aliphatic carbocycles. The van der Waals surface area contributed by atoms with Crippen molar-refractivity contribution in [3.8, 4) is 11.5 Å². The van der Waals surface area contributed by atoms with E-state index in [-0.39, 0.29) is 5.41 Å². The van der Waals surface area contributed by atoms with Gasteiger partial charge in [-0.1, -0.05) is 24.3 Å². The van der Waals surface area contributed by atoms with E-state index in [0.29, 0.717) is 24.2 Å². The van der Waals surface area contributed by atoms with Gasteiger partial charge in [-0.05, 0) is 55.5 Å². The van der Waals surface area contributed by atoms with Crippen molar-refractivity contribution in [3.05, 3.63) is 66.2 Å². The lowest BCUT2D eigenvalue weighted by atomic mass is 9.71. The number of piperidine rings is 2. The van der Waals surface area contributed by atoms with E-state index in [1.54, 1.807) is 6.92 Å². The average Bonchev–Trinajstić information content (AvgIpc) is 3.34. The summed E-state index contributed by atoms with van der Waals surface area (Å²) in [5.41, 5.74) is 3.55. The summed E-state index contributed by atoms with van der Waals surface area (Å²) in [7, 11) is 0. The molecule has 2 fully saturated rings. The molecule has 0 bridgehead atoms. The van der Waals surface area contributed by atoms with Gasteiger partial charge in [-0.3, -0.25) is 9.78 Å². The SMILES string of the molecule is Cc1nnc(-c2ccc(CN3CCCC4(CCN(c5cnc6ccccc6n5)CC4)C3=O)cc2)o1. The molecule has 8 heteroatoms. The van der Waals surface area contributed by atoms with Gasteiger partial charge in [0.05, 0.1) is 22.6 Å². The van der Waals surface area contributed by atoms with Crippen molar-refractivity contribution in [2.75, 3.05) is 24.5 Å². The maximum Gasteiger partial charge on any atom is 0.247 e. The van der Waals surface area contributed by atoms with E-state index in [1.165, 1.54) is 0 Å². The molecule has 2 saturated heterocycles. The molecule has 2 aliphatic rings. The quantitative estimate of drug-likeness (QED) is 0.439. The standard InChI is InChI=1S/C27H28N6O2/c1-19-30-31-25(35-19)21-9-7-20(8-10-21)18-33-14-4-11-27(26(33)34)12-15-32(16-13-27)24-17-28-22-5-2-3-6-23(22)29-24/h2-3,5-10,17H,4,11-16,18H2,1H3. The van der Waals surface area contributed by atoms with Crippen molar-refractivity contribution < 1.29 is 9.21 Å². The smallest absolute Gasteiger partial charge is 0.247 e. The molecule has 4 heterocycles. The Morgan fingerprint density at radius 1 is 0.943 bits per heavy atom.